The molecule has 0 unspecified atom stereocenters. The maximum Gasteiger partial charge on any atom is 0.228 e. The van der Waals surface area contributed by atoms with Crippen molar-refractivity contribution in [2.24, 2.45) is 4.99 Å². The van der Waals surface area contributed by atoms with Gasteiger partial charge in [-0.25, -0.2) is 0 Å². The summed E-state index contributed by atoms with van der Waals surface area (Å²) in [7, 11) is 3.44. The average Bonchev–Trinajstić information content (AvgIpc) is 3.22. The van der Waals surface area contributed by atoms with Gasteiger partial charge < -0.3 is 19.9 Å². The van der Waals surface area contributed by atoms with E-state index in [4.69, 9.17) is 20.9 Å². The lowest BCUT2D eigenvalue weighted by Crippen LogP contribution is -2.39. The van der Waals surface area contributed by atoms with Crippen LogP contribution in [-0.2, 0) is 12.8 Å². The highest BCUT2D eigenvalue weighted by Gasteiger charge is 2.09. The normalized spacial score (nSPS) is 11.4. The molecule has 2 aromatic carbocycles. The predicted octanol–water partition coefficient (Wildman–Crippen LogP) is 3.66. The molecule has 0 saturated carbocycles. The second-order valence-corrected chi connectivity index (χ2v) is 7.19. The van der Waals surface area contributed by atoms with Crippen LogP contribution in [0.25, 0.3) is 11.4 Å². The quantitative estimate of drug-likeness (QED) is 0.421. The van der Waals surface area contributed by atoms with Gasteiger partial charge in [-0.2, -0.15) is 4.98 Å². The van der Waals surface area contributed by atoms with Crippen LogP contribution in [0.5, 0.6) is 5.75 Å². The van der Waals surface area contributed by atoms with Crippen molar-refractivity contribution in [1.82, 2.24) is 20.8 Å². The van der Waals surface area contributed by atoms with Crippen LogP contribution in [0.15, 0.2) is 52.0 Å². The van der Waals surface area contributed by atoms with E-state index in [1.165, 1.54) is 5.56 Å². The third kappa shape index (κ3) is 5.97. The molecule has 0 atom stereocenters. The third-order valence-electron chi connectivity index (χ3n) is 4.58. The molecule has 0 saturated heterocycles. The summed E-state index contributed by atoms with van der Waals surface area (Å²) in [4.78, 5) is 8.67. The molecule has 158 valence electrons. The summed E-state index contributed by atoms with van der Waals surface area (Å²) in [6.07, 6.45) is 1.45. The molecule has 2 N–H and O–H groups in total. The standard InChI is InChI=1S/C22H26ClN5O2/c1-15-7-8-16(13-19(15)29-3)9-11-25-22(24-2)26-12-10-20-27-21(28-30-20)17-5-4-6-18(23)14-17/h4-8,13-14H,9-12H2,1-3H3,(H2,24,25,26). The number of hydrogen-bond acceptors (Lipinski definition) is 5. The summed E-state index contributed by atoms with van der Waals surface area (Å²) in [5, 5.41) is 11.2. The molecule has 1 heterocycles. The maximum absolute atomic E-state index is 6.02. The summed E-state index contributed by atoms with van der Waals surface area (Å²) in [6, 6.07) is 13.6. The van der Waals surface area contributed by atoms with Gasteiger partial charge >= 0.3 is 0 Å². The zero-order valence-corrected chi connectivity index (χ0v) is 18.2. The van der Waals surface area contributed by atoms with Crippen LogP contribution < -0.4 is 15.4 Å². The van der Waals surface area contributed by atoms with Crippen LogP contribution in [0.3, 0.4) is 0 Å². The van der Waals surface area contributed by atoms with Gasteiger partial charge in [0.25, 0.3) is 0 Å². The molecule has 3 aromatic rings. The average molecular weight is 428 g/mol. The van der Waals surface area contributed by atoms with E-state index in [-0.39, 0.29) is 0 Å². The Kier molecular flexibility index (Phi) is 7.68. The largest absolute Gasteiger partial charge is 0.496 e. The molecule has 0 aliphatic carbocycles. The van der Waals surface area contributed by atoms with E-state index in [0.29, 0.717) is 29.7 Å². The predicted molar refractivity (Wildman–Crippen MR) is 119 cm³/mol. The fourth-order valence-electron chi connectivity index (χ4n) is 2.95. The Morgan fingerprint density at radius 1 is 1.13 bits per heavy atom. The smallest absolute Gasteiger partial charge is 0.228 e. The van der Waals surface area contributed by atoms with Crippen LogP contribution in [0, 0.1) is 6.92 Å². The summed E-state index contributed by atoms with van der Waals surface area (Å²) < 4.78 is 10.7. The highest BCUT2D eigenvalue weighted by atomic mass is 35.5. The van der Waals surface area contributed by atoms with Crippen molar-refractivity contribution in [2.75, 3.05) is 27.2 Å². The van der Waals surface area contributed by atoms with E-state index in [0.717, 1.165) is 35.8 Å². The molecule has 0 fully saturated rings. The molecule has 7 nitrogen and oxygen atoms in total. The molecule has 0 spiro atoms. The number of halogens is 1. The number of nitrogens with zero attached hydrogens (tertiary/aromatic N) is 3. The minimum atomic E-state index is 0.531. The maximum atomic E-state index is 6.02. The first-order valence-electron chi connectivity index (χ1n) is 9.75. The van der Waals surface area contributed by atoms with Gasteiger partial charge in [0.1, 0.15) is 5.75 Å². The number of rotatable bonds is 8. The van der Waals surface area contributed by atoms with Crippen LogP contribution in [0.1, 0.15) is 17.0 Å². The van der Waals surface area contributed by atoms with Gasteiger partial charge in [-0.05, 0) is 42.7 Å². The molecular formula is C22H26ClN5O2. The molecule has 3 rings (SSSR count). The van der Waals surface area contributed by atoms with E-state index in [1.807, 2.05) is 31.2 Å². The first kappa shape index (κ1) is 21.6. The van der Waals surface area contributed by atoms with Gasteiger partial charge in [0.15, 0.2) is 5.96 Å². The number of nitrogens with one attached hydrogen (secondary N) is 2. The van der Waals surface area contributed by atoms with Gasteiger partial charge in [-0.1, -0.05) is 41.0 Å². The summed E-state index contributed by atoms with van der Waals surface area (Å²) in [6.45, 7) is 3.41. The van der Waals surface area contributed by atoms with E-state index < -0.39 is 0 Å². The monoisotopic (exact) mass is 427 g/mol. The number of ether oxygens (including phenoxy) is 1. The van der Waals surface area contributed by atoms with Crippen LogP contribution in [0.2, 0.25) is 5.02 Å². The number of aryl methyl sites for hydroxylation is 1. The Labute approximate surface area is 181 Å². The van der Waals surface area contributed by atoms with Crippen molar-refractivity contribution >= 4 is 17.6 Å². The fraction of sp³-hybridized carbons (Fsp3) is 0.318. The second kappa shape index (κ2) is 10.6. The van der Waals surface area contributed by atoms with Crippen LogP contribution in [-0.4, -0.2) is 43.3 Å². The third-order valence-corrected chi connectivity index (χ3v) is 4.82. The van der Waals surface area contributed by atoms with E-state index in [2.05, 4.69) is 44.0 Å². The zero-order chi connectivity index (χ0) is 21.3. The first-order chi connectivity index (χ1) is 14.6. The first-order valence-corrected chi connectivity index (χ1v) is 10.1. The topological polar surface area (TPSA) is 84.6 Å². The van der Waals surface area contributed by atoms with Crippen molar-refractivity contribution in [3.05, 3.63) is 64.5 Å². The van der Waals surface area contributed by atoms with Crippen molar-refractivity contribution < 1.29 is 9.26 Å². The lowest BCUT2D eigenvalue weighted by Gasteiger charge is -2.12. The molecule has 8 heteroatoms. The van der Waals surface area contributed by atoms with Crippen molar-refractivity contribution in [3.63, 3.8) is 0 Å². The summed E-state index contributed by atoms with van der Waals surface area (Å²) >= 11 is 6.02. The number of benzene rings is 2. The number of hydrogen-bond donors (Lipinski definition) is 2. The van der Waals surface area contributed by atoms with Crippen LogP contribution >= 0.6 is 11.6 Å². The highest BCUT2D eigenvalue weighted by Crippen LogP contribution is 2.20. The zero-order valence-electron chi connectivity index (χ0n) is 17.4. The molecule has 0 aliphatic heterocycles. The van der Waals surface area contributed by atoms with E-state index >= 15 is 0 Å². The Morgan fingerprint density at radius 2 is 1.93 bits per heavy atom. The fourth-order valence-corrected chi connectivity index (χ4v) is 3.15. The van der Waals surface area contributed by atoms with Gasteiger partial charge in [0, 0.05) is 37.1 Å². The van der Waals surface area contributed by atoms with Crippen molar-refractivity contribution in [3.8, 4) is 17.1 Å². The van der Waals surface area contributed by atoms with Gasteiger partial charge in [-0.15, -0.1) is 0 Å². The molecule has 0 aliphatic rings. The Hall–Kier alpha value is -3.06. The molecule has 0 amide bonds. The van der Waals surface area contributed by atoms with Crippen molar-refractivity contribution in [1.29, 1.82) is 0 Å². The van der Waals surface area contributed by atoms with Crippen molar-refractivity contribution in [2.45, 2.75) is 19.8 Å². The minimum Gasteiger partial charge on any atom is -0.496 e. The van der Waals surface area contributed by atoms with Crippen LogP contribution in [0.4, 0.5) is 0 Å². The number of guanidine groups is 1. The van der Waals surface area contributed by atoms with Gasteiger partial charge in [0.2, 0.25) is 11.7 Å². The van der Waals surface area contributed by atoms with Gasteiger partial charge in [0.05, 0.1) is 7.11 Å². The lowest BCUT2D eigenvalue weighted by atomic mass is 10.1. The Bertz CT molecular complexity index is 1000. The Balaban J connectivity index is 1.44. The molecule has 0 radical (unpaired) electrons. The number of aromatic nitrogens is 2. The molecular weight excluding hydrogens is 402 g/mol. The Morgan fingerprint density at radius 3 is 2.67 bits per heavy atom. The molecule has 1 aromatic heterocycles. The lowest BCUT2D eigenvalue weighted by molar-refractivity contribution is 0.378. The summed E-state index contributed by atoms with van der Waals surface area (Å²) in [5.74, 6) is 2.72. The minimum absolute atomic E-state index is 0.531. The number of aliphatic imine (C=N–C) groups is 1. The van der Waals surface area contributed by atoms with E-state index in [9.17, 15) is 0 Å². The van der Waals surface area contributed by atoms with E-state index in [1.54, 1.807) is 14.2 Å². The molecule has 30 heavy (non-hydrogen) atoms. The SMILES string of the molecule is CN=C(NCCc1ccc(C)c(OC)c1)NCCc1nc(-c2cccc(Cl)c2)no1. The second-order valence-electron chi connectivity index (χ2n) is 6.75. The summed E-state index contributed by atoms with van der Waals surface area (Å²) in [5.41, 5.74) is 3.17. The highest BCUT2D eigenvalue weighted by molar-refractivity contribution is 6.30. The number of methoxy groups -OCH3 is 1. The molecule has 0 bridgehead atoms. The van der Waals surface area contributed by atoms with Gasteiger partial charge in [-0.3, -0.25) is 4.99 Å².